The number of halogens is 1. The standard InChI is InChI=1S/C21H21BrN2O/c1-2-23-21(25)14-8-11-19-18(12-14)16-4-3-5-17(16)20(24-19)13-6-9-15(22)10-7-13/h3-4,6-12,16-17,20,24H,2,5H2,1H3,(H,23,25)/t16-,17+,20+/m1/s1. The molecule has 0 unspecified atom stereocenters. The second kappa shape index (κ2) is 6.68. The van der Waals surface area contributed by atoms with E-state index in [1.165, 1.54) is 11.1 Å². The van der Waals surface area contributed by atoms with Crippen LogP contribution in [0.3, 0.4) is 0 Å². The van der Waals surface area contributed by atoms with Gasteiger partial charge in [0, 0.05) is 28.2 Å². The summed E-state index contributed by atoms with van der Waals surface area (Å²) in [6.45, 7) is 2.59. The van der Waals surface area contributed by atoms with Gasteiger partial charge in [-0.05, 0) is 60.7 Å². The van der Waals surface area contributed by atoms with Crippen molar-refractivity contribution >= 4 is 27.5 Å². The number of allylic oxidation sites excluding steroid dienone is 2. The number of carbonyl (C=O) groups is 1. The lowest BCUT2D eigenvalue weighted by atomic mass is 9.76. The van der Waals surface area contributed by atoms with Crippen LogP contribution in [0, 0.1) is 5.92 Å². The highest BCUT2D eigenvalue weighted by Gasteiger charge is 2.38. The number of fused-ring (bicyclic) bond motifs is 3. The zero-order valence-corrected chi connectivity index (χ0v) is 15.7. The maximum absolute atomic E-state index is 12.2. The second-order valence-electron chi connectivity index (χ2n) is 6.69. The van der Waals surface area contributed by atoms with Gasteiger partial charge >= 0.3 is 0 Å². The minimum atomic E-state index is -0.00106. The maximum atomic E-state index is 12.2. The summed E-state index contributed by atoms with van der Waals surface area (Å²) in [7, 11) is 0. The molecular formula is C21H21BrN2O. The van der Waals surface area contributed by atoms with Crippen LogP contribution in [0.25, 0.3) is 0 Å². The molecule has 2 aliphatic rings. The number of amides is 1. The van der Waals surface area contributed by atoms with Gasteiger partial charge in [-0.3, -0.25) is 4.79 Å². The molecule has 25 heavy (non-hydrogen) atoms. The first kappa shape index (κ1) is 16.4. The Balaban J connectivity index is 1.71. The molecule has 0 fully saturated rings. The Hall–Kier alpha value is -2.07. The molecular weight excluding hydrogens is 376 g/mol. The van der Waals surface area contributed by atoms with Crippen molar-refractivity contribution in [2.75, 3.05) is 11.9 Å². The van der Waals surface area contributed by atoms with Gasteiger partial charge in [0.05, 0.1) is 6.04 Å². The van der Waals surface area contributed by atoms with Crippen molar-refractivity contribution in [3.63, 3.8) is 0 Å². The van der Waals surface area contributed by atoms with E-state index < -0.39 is 0 Å². The van der Waals surface area contributed by atoms with E-state index in [4.69, 9.17) is 0 Å². The summed E-state index contributed by atoms with van der Waals surface area (Å²) < 4.78 is 1.10. The zero-order valence-electron chi connectivity index (χ0n) is 14.1. The molecule has 0 saturated heterocycles. The highest BCUT2D eigenvalue weighted by Crippen LogP contribution is 2.49. The van der Waals surface area contributed by atoms with Gasteiger partial charge in [-0.25, -0.2) is 0 Å². The number of carbonyl (C=O) groups excluding carboxylic acids is 1. The predicted octanol–water partition coefficient (Wildman–Crippen LogP) is 5.03. The van der Waals surface area contributed by atoms with Crippen molar-refractivity contribution in [1.82, 2.24) is 5.32 Å². The Morgan fingerprint density at radius 1 is 1.24 bits per heavy atom. The third-order valence-corrected chi connectivity index (χ3v) is 5.72. The monoisotopic (exact) mass is 396 g/mol. The molecule has 0 aromatic heterocycles. The number of benzene rings is 2. The van der Waals surface area contributed by atoms with Gasteiger partial charge in [0.25, 0.3) is 5.91 Å². The molecule has 0 spiro atoms. The molecule has 1 aliphatic carbocycles. The largest absolute Gasteiger partial charge is 0.378 e. The van der Waals surface area contributed by atoms with E-state index in [2.05, 4.69) is 69.0 Å². The lowest BCUT2D eigenvalue weighted by Crippen LogP contribution is -2.30. The summed E-state index contributed by atoms with van der Waals surface area (Å²) in [4.78, 5) is 12.2. The molecule has 3 atom stereocenters. The average Bonchev–Trinajstić information content (AvgIpc) is 3.11. The van der Waals surface area contributed by atoms with E-state index in [1.807, 2.05) is 19.1 Å². The summed E-state index contributed by atoms with van der Waals surface area (Å²) in [5.41, 5.74) is 4.41. The van der Waals surface area contributed by atoms with E-state index >= 15 is 0 Å². The van der Waals surface area contributed by atoms with Gasteiger partial charge in [-0.1, -0.05) is 40.2 Å². The fourth-order valence-electron chi connectivity index (χ4n) is 4.00. The zero-order chi connectivity index (χ0) is 17.4. The van der Waals surface area contributed by atoms with Gasteiger partial charge in [0.1, 0.15) is 0 Å². The third-order valence-electron chi connectivity index (χ3n) is 5.19. The fraction of sp³-hybridized carbons (Fsp3) is 0.286. The van der Waals surface area contributed by atoms with Crippen LogP contribution in [0.4, 0.5) is 5.69 Å². The third kappa shape index (κ3) is 2.99. The molecule has 4 heteroatoms. The predicted molar refractivity (Wildman–Crippen MR) is 105 cm³/mol. The van der Waals surface area contributed by atoms with E-state index in [0.29, 0.717) is 18.4 Å². The Bertz CT molecular complexity index is 828. The van der Waals surface area contributed by atoms with Crippen LogP contribution in [0.1, 0.15) is 46.8 Å². The summed E-state index contributed by atoms with van der Waals surface area (Å²) >= 11 is 3.52. The topological polar surface area (TPSA) is 41.1 Å². The molecule has 3 nitrogen and oxygen atoms in total. The summed E-state index contributed by atoms with van der Waals surface area (Å²) in [5, 5.41) is 6.60. The molecule has 1 heterocycles. The minimum Gasteiger partial charge on any atom is -0.378 e. The molecule has 128 valence electrons. The minimum absolute atomic E-state index is 0.00106. The van der Waals surface area contributed by atoms with E-state index in [9.17, 15) is 4.79 Å². The van der Waals surface area contributed by atoms with Crippen molar-refractivity contribution in [3.05, 3.63) is 75.8 Å². The number of hydrogen-bond donors (Lipinski definition) is 2. The smallest absolute Gasteiger partial charge is 0.251 e. The summed E-state index contributed by atoms with van der Waals surface area (Å²) in [6, 6.07) is 14.9. The molecule has 2 N–H and O–H groups in total. The average molecular weight is 397 g/mol. The Morgan fingerprint density at radius 2 is 2.04 bits per heavy atom. The molecule has 1 aliphatic heterocycles. The van der Waals surface area contributed by atoms with Crippen LogP contribution in [0.15, 0.2) is 59.1 Å². The van der Waals surface area contributed by atoms with Crippen LogP contribution < -0.4 is 10.6 Å². The lowest BCUT2D eigenvalue weighted by molar-refractivity contribution is 0.0955. The van der Waals surface area contributed by atoms with Gasteiger partial charge in [-0.2, -0.15) is 0 Å². The summed E-state index contributed by atoms with van der Waals surface area (Å²) in [6.07, 6.45) is 5.64. The molecule has 0 saturated carbocycles. The normalized spacial score (nSPS) is 23.5. The van der Waals surface area contributed by atoms with Crippen molar-refractivity contribution in [3.8, 4) is 0 Å². The molecule has 0 radical (unpaired) electrons. The number of nitrogens with one attached hydrogen (secondary N) is 2. The lowest BCUT2D eigenvalue weighted by Gasteiger charge is -2.37. The van der Waals surface area contributed by atoms with Crippen molar-refractivity contribution < 1.29 is 4.79 Å². The highest BCUT2D eigenvalue weighted by atomic mass is 79.9. The van der Waals surface area contributed by atoms with Gasteiger partial charge in [0.2, 0.25) is 0 Å². The SMILES string of the molecule is CCNC(=O)c1ccc2c(c1)[C@@H]1C=CC[C@@H]1[C@H](c1ccc(Br)cc1)N2. The molecule has 0 bridgehead atoms. The molecule has 1 amide bonds. The second-order valence-corrected chi connectivity index (χ2v) is 7.60. The van der Waals surface area contributed by atoms with Crippen LogP contribution in [-0.2, 0) is 0 Å². The van der Waals surface area contributed by atoms with E-state index in [0.717, 1.165) is 22.1 Å². The number of rotatable bonds is 3. The first-order chi connectivity index (χ1) is 12.2. The summed E-state index contributed by atoms with van der Waals surface area (Å²) in [5.74, 6) is 0.844. The van der Waals surface area contributed by atoms with E-state index in [-0.39, 0.29) is 11.9 Å². The van der Waals surface area contributed by atoms with Crippen LogP contribution in [0.5, 0.6) is 0 Å². The Labute approximate surface area is 156 Å². The Morgan fingerprint density at radius 3 is 2.80 bits per heavy atom. The van der Waals surface area contributed by atoms with Crippen LogP contribution in [-0.4, -0.2) is 12.5 Å². The molecule has 2 aromatic carbocycles. The van der Waals surface area contributed by atoms with Crippen molar-refractivity contribution in [2.24, 2.45) is 5.92 Å². The van der Waals surface area contributed by atoms with E-state index in [1.54, 1.807) is 0 Å². The number of hydrogen-bond acceptors (Lipinski definition) is 2. The fourth-order valence-corrected chi connectivity index (χ4v) is 4.26. The van der Waals surface area contributed by atoms with Gasteiger partial charge in [0.15, 0.2) is 0 Å². The molecule has 4 rings (SSSR count). The van der Waals surface area contributed by atoms with Crippen molar-refractivity contribution in [2.45, 2.75) is 25.3 Å². The van der Waals surface area contributed by atoms with Crippen LogP contribution >= 0.6 is 15.9 Å². The maximum Gasteiger partial charge on any atom is 0.251 e. The first-order valence-electron chi connectivity index (χ1n) is 8.78. The van der Waals surface area contributed by atoms with Gasteiger partial charge in [-0.15, -0.1) is 0 Å². The molecule has 2 aromatic rings. The van der Waals surface area contributed by atoms with Crippen molar-refractivity contribution in [1.29, 1.82) is 0 Å². The van der Waals surface area contributed by atoms with Crippen LogP contribution in [0.2, 0.25) is 0 Å². The number of anilines is 1. The quantitative estimate of drug-likeness (QED) is 0.714. The first-order valence-corrected chi connectivity index (χ1v) is 9.57. The Kier molecular flexibility index (Phi) is 4.38. The van der Waals surface area contributed by atoms with Gasteiger partial charge < -0.3 is 10.6 Å². The highest BCUT2D eigenvalue weighted by molar-refractivity contribution is 9.10.